The van der Waals surface area contributed by atoms with Crippen LogP contribution in [0.15, 0.2) is 24.3 Å². The Kier molecular flexibility index (Phi) is 6.24. The van der Waals surface area contributed by atoms with Gasteiger partial charge < -0.3 is 19.5 Å². The van der Waals surface area contributed by atoms with Gasteiger partial charge in [0.05, 0.1) is 28.7 Å². The molecule has 9 heteroatoms. The average Bonchev–Trinajstić information content (AvgIpc) is 3.25. The standard InChI is InChI=1S/C19H25NO7S/c1-19(8-10-28(23,24)13-19)20-17(21)12-27-18(22)14-4-6-15(7-5-14)26-11-16-3-2-9-25-16/h4-7,16H,2-3,8-13H2,1H3,(H,20,21)/t16-,19-/m0/s1. The highest BCUT2D eigenvalue weighted by molar-refractivity contribution is 7.91. The molecular weight excluding hydrogens is 386 g/mol. The van der Waals surface area contributed by atoms with Crippen molar-refractivity contribution in [3.05, 3.63) is 29.8 Å². The smallest absolute Gasteiger partial charge is 0.338 e. The van der Waals surface area contributed by atoms with Crippen molar-refractivity contribution >= 4 is 21.7 Å². The molecule has 3 rings (SSSR count). The van der Waals surface area contributed by atoms with Crippen molar-refractivity contribution in [3.8, 4) is 5.75 Å². The highest BCUT2D eigenvalue weighted by atomic mass is 32.2. The summed E-state index contributed by atoms with van der Waals surface area (Å²) < 4.78 is 39.3. The average molecular weight is 411 g/mol. The molecule has 2 aliphatic heterocycles. The molecular formula is C19H25NO7S. The van der Waals surface area contributed by atoms with Gasteiger partial charge in [-0.2, -0.15) is 0 Å². The Bertz CT molecular complexity index is 815. The molecule has 0 aromatic heterocycles. The molecule has 0 spiro atoms. The summed E-state index contributed by atoms with van der Waals surface area (Å²) in [5, 5.41) is 2.64. The van der Waals surface area contributed by atoms with Gasteiger partial charge in [0.25, 0.3) is 5.91 Å². The number of esters is 1. The van der Waals surface area contributed by atoms with Crippen molar-refractivity contribution in [2.45, 2.75) is 37.8 Å². The lowest BCUT2D eigenvalue weighted by atomic mass is 10.0. The molecule has 0 aliphatic carbocycles. The van der Waals surface area contributed by atoms with E-state index in [9.17, 15) is 18.0 Å². The number of sulfone groups is 1. The van der Waals surface area contributed by atoms with Crippen LogP contribution in [0.25, 0.3) is 0 Å². The van der Waals surface area contributed by atoms with E-state index in [0.29, 0.717) is 24.3 Å². The summed E-state index contributed by atoms with van der Waals surface area (Å²) in [4.78, 5) is 24.1. The monoisotopic (exact) mass is 411 g/mol. The van der Waals surface area contributed by atoms with Crippen LogP contribution in [-0.4, -0.2) is 63.3 Å². The summed E-state index contributed by atoms with van der Waals surface area (Å²) in [6.07, 6.45) is 2.49. The molecule has 0 saturated carbocycles. The molecule has 2 saturated heterocycles. The third-order valence-corrected chi connectivity index (χ3v) is 6.73. The number of hydrogen-bond acceptors (Lipinski definition) is 7. The number of carbonyl (C=O) groups is 2. The molecule has 8 nitrogen and oxygen atoms in total. The predicted octanol–water partition coefficient (Wildman–Crippen LogP) is 1.09. The molecule has 2 fully saturated rings. The molecule has 0 unspecified atom stereocenters. The number of nitrogens with one attached hydrogen (secondary N) is 1. The van der Waals surface area contributed by atoms with Gasteiger partial charge in [0, 0.05) is 6.61 Å². The van der Waals surface area contributed by atoms with Gasteiger partial charge in [-0.05, 0) is 50.5 Å². The Morgan fingerprint density at radius 2 is 2.04 bits per heavy atom. The molecule has 2 aliphatic rings. The van der Waals surface area contributed by atoms with Crippen LogP contribution in [0.4, 0.5) is 0 Å². The van der Waals surface area contributed by atoms with E-state index in [-0.39, 0.29) is 17.6 Å². The number of hydrogen-bond donors (Lipinski definition) is 1. The zero-order valence-corrected chi connectivity index (χ0v) is 16.6. The van der Waals surface area contributed by atoms with Crippen LogP contribution in [0.3, 0.4) is 0 Å². The Balaban J connectivity index is 1.43. The van der Waals surface area contributed by atoms with Gasteiger partial charge in [-0.25, -0.2) is 13.2 Å². The van der Waals surface area contributed by atoms with Crippen molar-refractivity contribution in [2.24, 2.45) is 0 Å². The molecule has 0 bridgehead atoms. The van der Waals surface area contributed by atoms with E-state index < -0.39 is 33.9 Å². The van der Waals surface area contributed by atoms with Crippen LogP contribution >= 0.6 is 0 Å². The molecule has 2 atom stereocenters. The molecule has 154 valence electrons. The fourth-order valence-electron chi connectivity index (χ4n) is 3.35. The fraction of sp³-hybridized carbons (Fsp3) is 0.579. The topological polar surface area (TPSA) is 108 Å². The Morgan fingerprint density at radius 3 is 2.64 bits per heavy atom. The van der Waals surface area contributed by atoms with Gasteiger partial charge in [0.2, 0.25) is 0 Å². The van der Waals surface area contributed by atoms with Crippen LogP contribution < -0.4 is 10.1 Å². The van der Waals surface area contributed by atoms with Crippen molar-refractivity contribution in [2.75, 3.05) is 31.3 Å². The van der Waals surface area contributed by atoms with Crippen LogP contribution in [0.1, 0.15) is 36.5 Å². The zero-order valence-electron chi connectivity index (χ0n) is 15.8. The second-order valence-corrected chi connectivity index (χ2v) is 9.68. The van der Waals surface area contributed by atoms with Crippen LogP contribution in [0, 0.1) is 0 Å². The third kappa shape index (κ3) is 5.68. The van der Waals surface area contributed by atoms with Crippen molar-refractivity contribution in [1.29, 1.82) is 0 Å². The second-order valence-electron chi connectivity index (χ2n) is 7.50. The first-order chi connectivity index (χ1) is 13.2. The van der Waals surface area contributed by atoms with E-state index in [1.165, 1.54) is 0 Å². The van der Waals surface area contributed by atoms with Gasteiger partial charge in [0.15, 0.2) is 16.4 Å². The minimum Gasteiger partial charge on any atom is -0.491 e. The van der Waals surface area contributed by atoms with E-state index in [1.54, 1.807) is 31.2 Å². The van der Waals surface area contributed by atoms with Gasteiger partial charge in [0.1, 0.15) is 12.4 Å². The second kappa shape index (κ2) is 8.48. The predicted molar refractivity (Wildman–Crippen MR) is 101 cm³/mol. The first-order valence-electron chi connectivity index (χ1n) is 9.28. The van der Waals surface area contributed by atoms with Gasteiger partial charge >= 0.3 is 5.97 Å². The largest absolute Gasteiger partial charge is 0.491 e. The number of benzene rings is 1. The van der Waals surface area contributed by atoms with Crippen molar-refractivity contribution in [1.82, 2.24) is 5.32 Å². The third-order valence-electron chi connectivity index (χ3n) is 4.83. The summed E-state index contributed by atoms with van der Waals surface area (Å²) in [6.45, 7) is 2.44. The highest BCUT2D eigenvalue weighted by Gasteiger charge is 2.39. The lowest BCUT2D eigenvalue weighted by molar-refractivity contribution is -0.125. The fourth-order valence-corrected chi connectivity index (χ4v) is 5.44. The number of ether oxygens (including phenoxy) is 3. The summed E-state index contributed by atoms with van der Waals surface area (Å²) in [5.41, 5.74) is -0.517. The Labute approximate surface area is 164 Å². The van der Waals surface area contributed by atoms with E-state index in [2.05, 4.69) is 5.32 Å². The van der Waals surface area contributed by atoms with E-state index in [4.69, 9.17) is 14.2 Å². The molecule has 1 aromatic carbocycles. The summed E-state index contributed by atoms with van der Waals surface area (Å²) >= 11 is 0. The van der Waals surface area contributed by atoms with Crippen LogP contribution in [0.2, 0.25) is 0 Å². The molecule has 2 heterocycles. The summed E-state index contributed by atoms with van der Waals surface area (Å²) in [6, 6.07) is 6.46. The van der Waals surface area contributed by atoms with E-state index in [0.717, 1.165) is 19.4 Å². The number of carbonyl (C=O) groups excluding carboxylic acids is 2. The minimum absolute atomic E-state index is 0.0465. The van der Waals surface area contributed by atoms with Crippen molar-refractivity contribution in [3.63, 3.8) is 0 Å². The zero-order chi connectivity index (χ0) is 20.2. The number of amides is 1. The summed E-state index contributed by atoms with van der Waals surface area (Å²) in [7, 11) is -3.13. The summed E-state index contributed by atoms with van der Waals surface area (Å²) in [5.74, 6) is -0.590. The molecule has 28 heavy (non-hydrogen) atoms. The maximum Gasteiger partial charge on any atom is 0.338 e. The first kappa shape index (κ1) is 20.6. The lowest BCUT2D eigenvalue weighted by Crippen LogP contribution is -2.48. The highest BCUT2D eigenvalue weighted by Crippen LogP contribution is 2.22. The molecule has 1 N–H and O–H groups in total. The van der Waals surface area contributed by atoms with Gasteiger partial charge in [-0.1, -0.05) is 0 Å². The Hall–Kier alpha value is -2.13. The van der Waals surface area contributed by atoms with Gasteiger partial charge in [-0.15, -0.1) is 0 Å². The number of rotatable bonds is 7. The SMILES string of the molecule is C[C@]1(NC(=O)COC(=O)c2ccc(OC[C@@H]3CCCO3)cc2)CCS(=O)(=O)C1. The first-order valence-corrected chi connectivity index (χ1v) is 11.1. The maximum atomic E-state index is 12.1. The quantitative estimate of drug-likeness (QED) is 0.669. The minimum atomic E-state index is -3.13. The molecule has 0 radical (unpaired) electrons. The Morgan fingerprint density at radius 1 is 1.29 bits per heavy atom. The van der Waals surface area contributed by atoms with E-state index in [1.807, 2.05) is 0 Å². The molecule has 1 aromatic rings. The van der Waals surface area contributed by atoms with Crippen molar-refractivity contribution < 1.29 is 32.2 Å². The normalized spacial score (nSPS) is 26.0. The van der Waals surface area contributed by atoms with Gasteiger partial charge in [-0.3, -0.25) is 4.79 Å². The molecule has 1 amide bonds. The lowest BCUT2D eigenvalue weighted by Gasteiger charge is -2.23. The maximum absolute atomic E-state index is 12.1. The van der Waals surface area contributed by atoms with Crippen LogP contribution in [-0.2, 0) is 24.1 Å². The van der Waals surface area contributed by atoms with E-state index >= 15 is 0 Å². The van der Waals surface area contributed by atoms with Crippen LogP contribution in [0.5, 0.6) is 5.75 Å².